The first-order valence-electron chi connectivity index (χ1n) is 13.6. The molecule has 37 heavy (non-hydrogen) atoms. The van der Waals surface area contributed by atoms with Crippen LogP contribution in [0, 0.1) is 11.8 Å². The first kappa shape index (κ1) is 26.6. The fourth-order valence-electron chi connectivity index (χ4n) is 5.37. The summed E-state index contributed by atoms with van der Waals surface area (Å²) in [7, 11) is 0. The molecule has 2 aromatic carbocycles. The molecule has 2 saturated carbocycles. The third-order valence-corrected chi connectivity index (χ3v) is 7.48. The summed E-state index contributed by atoms with van der Waals surface area (Å²) in [6, 6.07) is 12.6. The normalized spacial score (nSPS) is 16.5. The molecule has 0 radical (unpaired) electrons. The minimum atomic E-state index is -0.154. The van der Waals surface area contributed by atoms with Crippen LogP contribution in [-0.4, -0.2) is 27.8 Å². The Balaban J connectivity index is 0.000000396. The van der Waals surface area contributed by atoms with Crippen LogP contribution in [0.25, 0.3) is 22.4 Å². The van der Waals surface area contributed by atoms with E-state index in [0.717, 1.165) is 42.9 Å². The van der Waals surface area contributed by atoms with Crippen molar-refractivity contribution in [2.75, 3.05) is 10.6 Å². The fourth-order valence-corrected chi connectivity index (χ4v) is 5.37. The molecule has 2 aliphatic rings. The monoisotopic (exact) mass is 502 g/mol. The van der Waals surface area contributed by atoms with Gasteiger partial charge in [-0.3, -0.25) is 19.0 Å². The van der Waals surface area contributed by atoms with E-state index in [1.165, 1.54) is 45.4 Å². The molecule has 0 aliphatic heterocycles. The molecule has 7 nitrogen and oxygen atoms in total. The molecule has 1 aromatic heterocycles. The van der Waals surface area contributed by atoms with Gasteiger partial charge in [-0.2, -0.15) is 0 Å². The first-order chi connectivity index (χ1) is 18.0. The second kappa shape index (κ2) is 12.7. The van der Waals surface area contributed by atoms with E-state index >= 15 is 0 Å². The molecule has 0 atom stereocenters. The Bertz CT molecular complexity index is 1220. The average molecular weight is 503 g/mol. The van der Waals surface area contributed by atoms with Crippen molar-refractivity contribution in [2.24, 2.45) is 11.8 Å². The Kier molecular flexibility index (Phi) is 9.09. The van der Waals surface area contributed by atoms with Crippen molar-refractivity contribution in [1.82, 2.24) is 9.55 Å². The maximum Gasteiger partial charge on any atom is 0.229 e. The van der Waals surface area contributed by atoms with Crippen LogP contribution in [0.2, 0.25) is 0 Å². The highest BCUT2D eigenvalue weighted by Gasteiger charge is 2.21. The molecule has 2 aliphatic carbocycles. The highest BCUT2D eigenvalue weighted by Crippen LogP contribution is 2.29. The van der Waals surface area contributed by atoms with Crippen LogP contribution in [0.3, 0.4) is 0 Å². The van der Waals surface area contributed by atoms with Gasteiger partial charge in [-0.05, 0) is 61.2 Å². The largest absolute Gasteiger partial charge is 0.329 e. The molecule has 196 valence electrons. The van der Waals surface area contributed by atoms with Gasteiger partial charge in [0.25, 0.3) is 0 Å². The van der Waals surface area contributed by atoms with Crippen molar-refractivity contribution in [3.63, 3.8) is 0 Å². The summed E-state index contributed by atoms with van der Waals surface area (Å²) in [6.07, 6.45) is 13.4. The van der Waals surface area contributed by atoms with Gasteiger partial charge in [0.1, 0.15) is 5.82 Å². The number of carbonyl (C=O) groups excluding carboxylic acids is 3. The molecule has 0 saturated heterocycles. The van der Waals surface area contributed by atoms with Crippen molar-refractivity contribution >= 4 is 40.6 Å². The first-order valence-corrected chi connectivity index (χ1v) is 13.6. The highest BCUT2D eigenvalue weighted by atomic mass is 16.2. The maximum absolute atomic E-state index is 12.5. The number of hydrogen-bond donors (Lipinski definition) is 2. The average Bonchev–Trinajstić information content (AvgIpc) is 3.30. The summed E-state index contributed by atoms with van der Waals surface area (Å²) in [6.45, 7) is 3.85. The number of amides is 2. The van der Waals surface area contributed by atoms with Gasteiger partial charge in [-0.1, -0.05) is 58.3 Å². The van der Waals surface area contributed by atoms with Crippen molar-refractivity contribution in [3.8, 4) is 11.4 Å². The number of nitrogens with one attached hydrogen (secondary N) is 2. The number of aromatic nitrogens is 2. The lowest BCUT2D eigenvalue weighted by atomic mass is 9.88. The number of benzene rings is 2. The predicted octanol–water partition coefficient (Wildman–Crippen LogP) is 7.04. The van der Waals surface area contributed by atoms with E-state index in [9.17, 15) is 14.4 Å². The molecule has 1 heterocycles. The third-order valence-electron chi connectivity index (χ3n) is 7.48. The van der Waals surface area contributed by atoms with Gasteiger partial charge in [0.2, 0.25) is 18.2 Å². The maximum atomic E-state index is 12.5. The van der Waals surface area contributed by atoms with Crippen LogP contribution in [-0.2, 0) is 9.59 Å². The van der Waals surface area contributed by atoms with E-state index in [0.29, 0.717) is 29.0 Å². The number of hydrogen-bond acceptors (Lipinski definition) is 4. The third kappa shape index (κ3) is 6.85. The quantitative estimate of drug-likeness (QED) is 0.366. The molecule has 3 aromatic rings. The van der Waals surface area contributed by atoms with Gasteiger partial charge in [-0.15, -0.1) is 0 Å². The molecule has 7 heteroatoms. The van der Waals surface area contributed by atoms with Crippen LogP contribution in [0.1, 0.15) is 82.9 Å². The summed E-state index contributed by atoms with van der Waals surface area (Å²) in [4.78, 5) is 40.1. The minimum absolute atomic E-state index is 0.0774. The van der Waals surface area contributed by atoms with Gasteiger partial charge in [-0.25, -0.2) is 4.98 Å². The van der Waals surface area contributed by atoms with Gasteiger partial charge in [0.05, 0.1) is 11.0 Å². The van der Waals surface area contributed by atoms with Gasteiger partial charge in [0, 0.05) is 29.8 Å². The SMILES string of the molecule is CC(=O)n1c(-c2ccc(NC(=O)C3CCCCC3)cc2)nc2cc(NC=O)ccc21.CC1CCCCC1. The molecule has 0 bridgehead atoms. The summed E-state index contributed by atoms with van der Waals surface area (Å²) in [5, 5.41) is 5.60. The molecule has 2 amide bonds. The zero-order valence-electron chi connectivity index (χ0n) is 22.0. The molecule has 2 fully saturated rings. The summed E-state index contributed by atoms with van der Waals surface area (Å²) in [5.41, 5.74) is 3.39. The van der Waals surface area contributed by atoms with E-state index in [1.54, 1.807) is 22.8 Å². The van der Waals surface area contributed by atoms with Crippen LogP contribution in [0.4, 0.5) is 11.4 Å². The van der Waals surface area contributed by atoms with Crippen molar-refractivity contribution < 1.29 is 14.4 Å². The van der Waals surface area contributed by atoms with Crippen molar-refractivity contribution in [1.29, 1.82) is 0 Å². The second-order valence-corrected chi connectivity index (χ2v) is 10.4. The lowest BCUT2D eigenvalue weighted by Gasteiger charge is -2.20. The zero-order chi connectivity index (χ0) is 26.2. The van der Waals surface area contributed by atoms with Crippen LogP contribution in [0.15, 0.2) is 42.5 Å². The Labute approximate surface area is 219 Å². The number of carbonyl (C=O) groups is 3. The van der Waals surface area contributed by atoms with Crippen molar-refractivity contribution in [2.45, 2.75) is 78.1 Å². The Morgan fingerprint density at radius 3 is 2.08 bits per heavy atom. The molecule has 5 rings (SSSR count). The second-order valence-electron chi connectivity index (χ2n) is 10.4. The molecule has 0 spiro atoms. The number of nitrogens with zero attached hydrogens (tertiary/aromatic N) is 2. The highest BCUT2D eigenvalue weighted by molar-refractivity contribution is 5.96. The lowest BCUT2D eigenvalue weighted by molar-refractivity contribution is -0.120. The fraction of sp³-hybridized carbons (Fsp3) is 0.467. The molecular formula is C30H38N4O3. The van der Waals surface area contributed by atoms with E-state index in [-0.39, 0.29) is 17.7 Å². The minimum Gasteiger partial charge on any atom is -0.329 e. The molecule has 0 unspecified atom stereocenters. The number of fused-ring (bicyclic) bond motifs is 1. The van der Waals surface area contributed by atoms with E-state index in [1.807, 2.05) is 24.3 Å². The van der Waals surface area contributed by atoms with Crippen LogP contribution < -0.4 is 10.6 Å². The van der Waals surface area contributed by atoms with Gasteiger partial charge in [0.15, 0.2) is 0 Å². The topological polar surface area (TPSA) is 93.1 Å². The molecular weight excluding hydrogens is 464 g/mol. The lowest BCUT2D eigenvalue weighted by Crippen LogP contribution is -2.24. The van der Waals surface area contributed by atoms with Crippen LogP contribution >= 0.6 is 0 Å². The number of rotatable bonds is 5. The summed E-state index contributed by atoms with van der Waals surface area (Å²) < 4.78 is 1.55. The number of imidazole rings is 1. The Hall–Kier alpha value is -3.48. The van der Waals surface area contributed by atoms with E-state index < -0.39 is 0 Å². The van der Waals surface area contributed by atoms with Crippen molar-refractivity contribution in [3.05, 3.63) is 42.5 Å². The zero-order valence-corrected chi connectivity index (χ0v) is 22.0. The van der Waals surface area contributed by atoms with Gasteiger partial charge < -0.3 is 10.6 Å². The Morgan fingerprint density at radius 2 is 1.51 bits per heavy atom. The van der Waals surface area contributed by atoms with Gasteiger partial charge >= 0.3 is 0 Å². The standard InChI is InChI=1S/C23H24N4O3.C7H14/c1-15(29)27-21-12-11-19(24-14-28)13-20(21)26-22(27)16-7-9-18(10-8-16)25-23(30)17-5-3-2-4-6-17;1-7-5-3-2-4-6-7/h7-14,17H,2-6H2,1H3,(H,24,28)(H,25,30);7H,2-6H2,1H3. The van der Waals surface area contributed by atoms with Crippen LogP contribution in [0.5, 0.6) is 0 Å². The molecule has 2 N–H and O–H groups in total. The Morgan fingerprint density at radius 1 is 0.892 bits per heavy atom. The number of anilines is 2. The summed E-state index contributed by atoms with van der Waals surface area (Å²) >= 11 is 0. The summed E-state index contributed by atoms with van der Waals surface area (Å²) in [5.74, 6) is 1.57. The smallest absolute Gasteiger partial charge is 0.229 e. The van der Waals surface area contributed by atoms with E-state index in [4.69, 9.17) is 0 Å². The predicted molar refractivity (Wildman–Crippen MR) is 149 cm³/mol. The van der Waals surface area contributed by atoms with E-state index in [2.05, 4.69) is 22.5 Å².